The average molecular weight is 349 g/mol. The topological polar surface area (TPSA) is 69.2 Å². The molecule has 0 spiro atoms. The van der Waals surface area contributed by atoms with Crippen molar-refractivity contribution < 1.29 is 18.7 Å². The smallest absolute Gasteiger partial charge is 0.223 e. The number of benzene rings is 1. The van der Waals surface area contributed by atoms with Crippen molar-refractivity contribution >= 4 is 5.91 Å². The first-order chi connectivity index (χ1) is 11.9. The van der Waals surface area contributed by atoms with E-state index in [0.29, 0.717) is 18.5 Å². The Morgan fingerprint density at radius 1 is 1.36 bits per heavy atom. The number of likely N-dealkylation sites (tertiary alicyclic amines) is 1. The van der Waals surface area contributed by atoms with Gasteiger partial charge in [0.1, 0.15) is 11.6 Å². The minimum absolute atomic E-state index is 0.0609. The Balaban J connectivity index is 1.54. The number of carbonyl (C=O) groups is 1. The molecule has 0 aliphatic carbocycles. The number of H-pyrrole nitrogens is 1. The van der Waals surface area contributed by atoms with Crippen LogP contribution < -0.4 is 0 Å². The molecule has 1 aromatic carbocycles. The van der Waals surface area contributed by atoms with E-state index < -0.39 is 17.7 Å². The molecule has 1 saturated heterocycles. The largest absolute Gasteiger partial charge is 0.391 e. The zero-order valence-corrected chi connectivity index (χ0v) is 14.0. The Morgan fingerprint density at radius 2 is 2.16 bits per heavy atom. The number of β-amino-alcohol motifs (C(OH)–C–C–N with tert-alkyl or cyclic N) is 1. The third-order valence-corrected chi connectivity index (χ3v) is 4.61. The van der Waals surface area contributed by atoms with Crippen molar-refractivity contribution in [3.05, 3.63) is 52.9 Å². The summed E-state index contributed by atoms with van der Waals surface area (Å²) in [5, 5.41) is 17.2. The number of hydrogen-bond acceptors (Lipinski definition) is 3. The summed E-state index contributed by atoms with van der Waals surface area (Å²) in [7, 11) is 0. The highest BCUT2D eigenvalue weighted by atomic mass is 19.1. The first-order valence-corrected chi connectivity index (χ1v) is 8.33. The van der Waals surface area contributed by atoms with Gasteiger partial charge in [-0.15, -0.1) is 0 Å². The summed E-state index contributed by atoms with van der Waals surface area (Å²) < 4.78 is 26.5. The van der Waals surface area contributed by atoms with Gasteiger partial charge in [0, 0.05) is 37.2 Å². The van der Waals surface area contributed by atoms with Crippen LogP contribution in [0.4, 0.5) is 8.78 Å². The highest BCUT2D eigenvalue weighted by Crippen LogP contribution is 2.22. The maximum absolute atomic E-state index is 13.6. The molecule has 0 unspecified atom stereocenters. The second kappa shape index (κ2) is 7.31. The normalized spacial score (nSPS) is 20.2. The fourth-order valence-electron chi connectivity index (χ4n) is 3.23. The highest BCUT2D eigenvalue weighted by Gasteiger charge is 2.34. The standard InChI is InChI=1S/C18H21F2N3O2/c1-11-6-15(22-21-11)7-13-9-23(10-17(13)24)18(25)5-3-12-2-4-14(19)8-16(12)20/h2,4,6,8,13,17,24H,3,5,7,9-10H2,1H3,(H,21,22)/t13-,17+/m1/s1. The third kappa shape index (κ3) is 4.22. The molecule has 1 amide bonds. The zero-order valence-electron chi connectivity index (χ0n) is 14.0. The summed E-state index contributed by atoms with van der Waals surface area (Å²) >= 11 is 0. The molecule has 2 aromatic rings. The van der Waals surface area contributed by atoms with Crippen molar-refractivity contribution in [1.82, 2.24) is 15.1 Å². The van der Waals surface area contributed by atoms with E-state index >= 15 is 0 Å². The lowest BCUT2D eigenvalue weighted by Gasteiger charge is -2.16. The van der Waals surface area contributed by atoms with Gasteiger partial charge in [-0.3, -0.25) is 9.89 Å². The summed E-state index contributed by atoms with van der Waals surface area (Å²) in [6.07, 6.45) is 0.343. The van der Waals surface area contributed by atoms with E-state index in [1.807, 2.05) is 13.0 Å². The quantitative estimate of drug-likeness (QED) is 0.867. The molecule has 1 aromatic heterocycles. The molecular formula is C18H21F2N3O2. The van der Waals surface area contributed by atoms with Crippen LogP contribution in [0.15, 0.2) is 24.3 Å². The molecule has 3 rings (SSSR count). The van der Waals surface area contributed by atoms with Crippen LogP contribution in [-0.2, 0) is 17.6 Å². The van der Waals surface area contributed by atoms with E-state index in [1.165, 1.54) is 12.1 Å². The SMILES string of the molecule is Cc1cc(C[C@@H]2CN(C(=O)CCc3ccc(F)cc3F)C[C@@H]2O)n[nH]1. The van der Waals surface area contributed by atoms with Crippen LogP contribution in [0.2, 0.25) is 0 Å². The van der Waals surface area contributed by atoms with Crippen LogP contribution in [0, 0.1) is 24.5 Å². The highest BCUT2D eigenvalue weighted by molar-refractivity contribution is 5.76. The molecule has 2 atom stereocenters. The Labute approximate surface area is 144 Å². The van der Waals surface area contributed by atoms with Gasteiger partial charge in [-0.1, -0.05) is 6.07 Å². The number of aryl methyl sites for hydroxylation is 2. The molecule has 1 aliphatic heterocycles. The first-order valence-electron chi connectivity index (χ1n) is 8.33. The maximum atomic E-state index is 13.6. The van der Waals surface area contributed by atoms with E-state index in [1.54, 1.807) is 4.90 Å². The Kier molecular flexibility index (Phi) is 5.13. The summed E-state index contributed by atoms with van der Waals surface area (Å²) in [5.74, 6) is -1.47. The zero-order chi connectivity index (χ0) is 18.0. The molecule has 1 fully saturated rings. The van der Waals surface area contributed by atoms with E-state index in [4.69, 9.17) is 0 Å². The van der Waals surface area contributed by atoms with Crippen molar-refractivity contribution in [3.63, 3.8) is 0 Å². The van der Waals surface area contributed by atoms with Crippen LogP contribution in [0.1, 0.15) is 23.4 Å². The number of rotatable bonds is 5. The third-order valence-electron chi connectivity index (χ3n) is 4.61. The molecule has 0 radical (unpaired) electrons. The van der Waals surface area contributed by atoms with Gasteiger partial charge in [-0.05, 0) is 37.5 Å². The summed E-state index contributed by atoms with van der Waals surface area (Å²) in [4.78, 5) is 13.9. The maximum Gasteiger partial charge on any atom is 0.223 e. The lowest BCUT2D eigenvalue weighted by atomic mass is 10.0. The van der Waals surface area contributed by atoms with Crippen molar-refractivity contribution in [3.8, 4) is 0 Å². The molecule has 2 N–H and O–H groups in total. The number of carbonyl (C=O) groups excluding carboxylic acids is 1. The molecule has 25 heavy (non-hydrogen) atoms. The van der Waals surface area contributed by atoms with Crippen molar-refractivity contribution in [2.24, 2.45) is 5.92 Å². The van der Waals surface area contributed by atoms with Crippen LogP contribution in [0.5, 0.6) is 0 Å². The number of aromatic nitrogens is 2. The number of aromatic amines is 1. The minimum Gasteiger partial charge on any atom is -0.391 e. The fourth-order valence-corrected chi connectivity index (χ4v) is 3.23. The van der Waals surface area contributed by atoms with Crippen LogP contribution in [0.3, 0.4) is 0 Å². The lowest BCUT2D eigenvalue weighted by molar-refractivity contribution is -0.130. The number of aliphatic hydroxyl groups excluding tert-OH is 1. The predicted octanol–water partition coefficient (Wildman–Crippen LogP) is 1.99. The van der Waals surface area contributed by atoms with Gasteiger partial charge in [0.2, 0.25) is 5.91 Å². The Hall–Kier alpha value is -2.28. The number of amides is 1. The molecule has 5 nitrogen and oxygen atoms in total. The molecular weight excluding hydrogens is 328 g/mol. The number of nitrogens with one attached hydrogen (secondary N) is 1. The first kappa shape index (κ1) is 17.5. The number of hydrogen-bond donors (Lipinski definition) is 2. The van der Waals surface area contributed by atoms with Gasteiger partial charge in [-0.2, -0.15) is 5.10 Å². The van der Waals surface area contributed by atoms with Gasteiger partial charge >= 0.3 is 0 Å². The monoisotopic (exact) mass is 349 g/mol. The predicted molar refractivity (Wildman–Crippen MR) is 87.8 cm³/mol. The Morgan fingerprint density at radius 3 is 2.84 bits per heavy atom. The van der Waals surface area contributed by atoms with Gasteiger partial charge in [0.05, 0.1) is 11.8 Å². The minimum atomic E-state index is -0.638. The van der Waals surface area contributed by atoms with Gasteiger partial charge < -0.3 is 10.0 Å². The fraction of sp³-hybridized carbons (Fsp3) is 0.444. The van der Waals surface area contributed by atoms with Crippen LogP contribution >= 0.6 is 0 Å². The Bertz CT molecular complexity index is 763. The van der Waals surface area contributed by atoms with E-state index in [-0.39, 0.29) is 31.2 Å². The molecule has 134 valence electrons. The van der Waals surface area contributed by atoms with Crippen LogP contribution in [0.25, 0.3) is 0 Å². The number of aliphatic hydroxyl groups is 1. The molecule has 2 heterocycles. The van der Waals surface area contributed by atoms with Gasteiger partial charge in [0.15, 0.2) is 0 Å². The van der Waals surface area contributed by atoms with Crippen molar-refractivity contribution in [2.75, 3.05) is 13.1 Å². The van der Waals surface area contributed by atoms with E-state index in [2.05, 4.69) is 10.2 Å². The van der Waals surface area contributed by atoms with Gasteiger partial charge in [0.25, 0.3) is 0 Å². The molecule has 0 bridgehead atoms. The second-order valence-electron chi connectivity index (χ2n) is 6.61. The molecule has 7 heteroatoms. The lowest BCUT2D eigenvalue weighted by Crippen LogP contribution is -2.29. The van der Waals surface area contributed by atoms with E-state index in [0.717, 1.165) is 17.5 Å². The second-order valence-corrected chi connectivity index (χ2v) is 6.61. The number of halogens is 2. The van der Waals surface area contributed by atoms with Crippen LogP contribution in [-0.4, -0.2) is 45.3 Å². The van der Waals surface area contributed by atoms with Crippen molar-refractivity contribution in [2.45, 2.75) is 32.3 Å². The van der Waals surface area contributed by atoms with E-state index in [9.17, 15) is 18.7 Å². The summed E-state index contributed by atoms with van der Waals surface area (Å²) in [6.45, 7) is 2.64. The summed E-state index contributed by atoms with van der Waals surface area (Å²) in [6, 6.07) is 5.29. The average Bonchev–Trinajstić information content (AvgIpc) is 3.13. The number of nitrogens with zero attached hydrogens (tertiary/aromatic N) is 2. The van der Waals surface area contributed by atoms with Crippen molar-refractivity contribution in [1.29, 1.82) is 0 Å². The molecule has 0 saturated carbocycles. The molecule has 1 aliphatic rings. The summed E-state index contributed by atoms with van der Waals surface area (Å²) in [5.41, 5.74) is 2.14. The van der Waals surface area contributed by atoms with Gasteiger partial charge in [-0.25, -0.2) is 8.78 Å².